The zero-order chi connectivity index (χ0) is 13.1. The van der Waals surface area contributed by atoms with Crippen LogP contribution in [0.2, 0.25) is 0 Å². The molecule has 0 fully saturated rings. The van der Waals surface area contributed by atoms with Crippen molar-refractivity contribution in [1.29, 1.82) is 0 Å². The number of H-pyrrole nitrogens is 1. The van der Waals surface area contributed by atoms with E-state index in [0.717, 1.165) is 0 Å². The van der Waals surface area contributed by atoms with Crippen molar-refractivity contribution in [2.75, 3.05) is 0 Å². The fourth-order valence-electron chi connectivity index (χ4n) is 1.37. The molecule has 8 nitrogen and oxygen atoms in total. The second-order valence-electron chi connectivity index (χ2n) is 3.51. The molecule has 110 valence electrons. The van der Waals surface area contributed by atoms with Gasteiger partial charge in [0.15, 0.2) is 0 Å². The van der Waals surface area contributed by atoms with E-state index < -0.39 is 11.5 Å². The Kier molecular flexibility index (Phi) is 6.54. The van der Waals surface area contributed by atoms with Crippen molar-refractivity contribution in [2.24, 2.45) is 10.2 Å². The van der Waals surface area contributed by atoms with Crippen LogP contribution >= 0.6 is 0 Å². The summed E-state index contributed by atoms with van der Waals surface area (Å²) < 4.78 is 0. The van der Waals surface area contributed by atoms with Crippen molar-refractivity contribution in [2.45, 2.75) is 6.92 Å². The quantitative estimate of drug-likeness (QED) is 0.496. The molecule has 0 aliphatic heterocycles. The van der Waals surface area contributed by atoms with E-state index in [1.54, 1.807) is 19.1 Å². The van der Waals surface area contributed by atoms with Gasteiger partial charge < -0.3 is 20.5 Å². The first kappa shape index (κ1) is 17.8. The number of hydrogen-bond acceptors (Lipinski definition) is 5. The first-order valence-corrected chi connectivity index (χ1v) is 5.05. The van der Waals surface area contributed by atoms with Crippen LogP contribution in [0.15, 0.2) is 39.3 Å². The number of aromatic amines is 1. The standard InChI is InChI=1S/C11H9N4O3.Ni.H2O/c1-6-9(10(16)15-12-6)14-13-8-5-3-2-4-7(8)11(17)18;;/h2-5H,1H3,(H,15,16)(H,17,18);;1H2/q-1;;. The van der Waals surface area contributed by atoms with Gasteiger partial charge in [0.05, 0.1) is 11.3 Å². The maximum atomic E-state index is 11.3. The summed E-state index contributed by atoms with van der Waals surface area (Å²) >= 11 is 0. The van der Waals surface area contributed by atoms with E-state index in [9.17, 15) is 9.59 Å². The summed E-state index contributed by atoms with van der Waals surface area (Å²) in [6, 6.07) is 6.15. The number of aryl methyl sites for hydroxylation is 1. The predicted molar refractivity (Wildman–Crippen MR) is 66.4 cm³/mol. The van der Waals surface area contributed by atoms with Crippen LogP contribution in [0.25, 0.3) is 0 Å². The third-order valence-electron chi connectivity index (χ3n) is 2.28. The zero-order valence-corrected chi connectivity index (χ0v) is 11.2. The molecule has 1 aromatic carbocycles. The minimum atomic E-state index is -1.10. The van der Waals surface area contributed by atoms with Gasteiger partial charge in [-0.25, -0.2) is 9.89 Å². The molecule has 0 aliphatic rings. The maximum absolute atomic E-state index is 11.3. The Morgan fingerprint density at radius 2 is 2.05 bits per heavy atom. The van der Waals surface area contributed by atoms with Gasteiger partial charge in [-0.15, -0.1) is 5.69 Å². The summed E-state index contributed by atoms with van der Waals surface area (Å²) in [5.41, 5.74) is 0.246. The molecule has 9 heteroatoms. The molecule has 0 bridgehead atoms. The van der Waals surface area contributed by atoms with Gasteiger partial charge in [0.25, 0.3) is 0 Å². The first-order valence-electron chi connectivity index (χ1n) is 5.05. The second-order valence-corrected chi connectivity index (χ2v) is 3.51. The molecule has 0 saturated heterocycles. The summed E-state index contributed by atoms with van der Waals surface area (Å²) in [6.07, 6.45) is 0. The molecule has 20 heavy (non-hydrogen) atoms. The van der Waals surface area contributed by atoms with Gasteiger partial charge in [-0.3, -0.25) is 5.10 Å². The van der Waals surface area contributed by atoms with Crippen LogP contribution in [0.5, 0.6) is 0 Å². The van der Waals surface area contributed by atoms with Crippen LogP contribution < -0.4 is 5.56 Å². The van der Waals surface area contributed by atoms with Crippen molar-refractivity contribution in [3.8, 4) is 0 Å². The summed E-state index contributed by atoms with van der Waals surface area (Å²) in [6.45, 7) is 1.61. The van der Waals surface area contributed by atoms with E-state index in [4.69, 9.17) is 5.11 Å². The molecule has 0 radical (unpaired) electrons. The number of rotatable bonds is 3. The van der Waals surface area contributed by atoms with Crippen molar-refractivity contribution < 1.29 is 31.9 Å². The number of aromatic nitrogens is 2. The summed E-state index contributed by atoms with van der Waals surface area (Å²) in [4.78, 5) is 22.2. The topological polar surface area (TPSA) is 139 Å². The molecule has 0 atom stereocenters. The van der Waals surface area contributed by atoms with E-state index in [1.165, 1.54) is 12.1 Å². The Hall–Kier alpha value is -2.25. The van der Waals surface area contributed by atoms with Gasteiger partial charge in [0.2, 0.25) is 0 Å². The minimum Gasteiger partial charge on any atom is -0.478 e. The molecule has 2 aromatic rings. The fraction of sp³-hybridized carbons (Fsp3) is 0.0909. The van der Waals surface area contributed by atoms with Crippen LogP contribution in [0.3, 0.4) is 0 Å². The molecular weight excluding hydrogens is 311 g/mol. The van der Waals surface area contributed by atoms with Gasteiger partial charge in [-0.1, -0.05) is 24.8 Å². The third-order valence-corrected chi connectivity index (χ3v) is 2.28. The minimum absolute atomic E-state index is 0. The molecule has 0 saturated carbocycles. The van der Waals surface area contributed by atoms with Gasteiger partial charge in [-0.2, -0.15) is 5.11 Å². The van der Waals surface area contributed by atoms with E-state index in [1.807, 2.05) is 0 Å². The van der Waals surface area contributed by atoms with Gasteiger partial charge in [0, 0.05) is 16.5 Å². The molecule has 1 heterocycles. The van der Waals surface area contributed by atoms with Crippen molar-refractivity contribution >= 4 is 17.3 Å². The number of aromatic carboxylic acids is 1. The van der Waals surface area contributed by atoms with Crippen LogP contribution in [0, 0.1) is 6.92 Å². The number of azo groups is 1. The summed E-state index contributed by atoms with van der Waals surface area (Å²) in [7, 11) is 0. The Bertz CT molecular complexity index is 677. The molecule has 2 rings (SSSR count). The maximum Gasteiger partial charge on any atom is 0.337 e. The number of hydrogen-bond donors (Lipinski definition) is 2. The van der Waals surface area contributed by atoms with Crippen molar-refractivity contribution in [1.82, 2.24) is 10.2 Å². The monoisotopic (exact) mass is 321 g/mol. The molecule has 0 amide bonds. The number of carbonyl (C=O) groups is 1. The molecule has 0 aliphatic carbocycles. The number of carboxylic acids is 1. The second kappa shape index (κ2) is 7.37. The Labute approximate surface area is 123 Å². The number of benzene rings is 1. The zero-order valence-electron chi connectivity index (χ0n) is 10.2. The largest absolute Gasteiger partial charge is 0.478 e. The van der Waals surface area contributed by atoms with E-state index in [-0.39, 0.29) is 38.9 Å². The predicted octanol–water partition coefficient (Wildman–Crippen LogP) is 1.08. The number of nitrogens with one attached hydrogen (secondary N) is 1. The third kappa shape index (κ3) is 3.63. The Morgan fingerprint density at radius 3 is 2.60 bits per heavy atom. The Morgan fingerprint density at radius 1 is 1.40 bits per heavy atom. The van der Waals surface area contributed by atoms with Crippen LogP contribution in [-0.2, 0) is 16.5 Å². The van der Waals surface area contributed by atoms with Gasteiger partial charge in [-0.05, 0) is 12.1 Å². The molecule has 0 unspecified atom stereocenters. The SMILES string of the molecule is Cc1n[nH]c(=O)[c-]1N=Nc1ccccc1C(=O)O.O.[Ni]. The van der Waals surface area contributed by atoms with Crippen LogP contribution in [0.1, 0.15) is 16.1 Å². The summed E-state index contributed by atoms with van der Waals surface area (Å²) in [5, 5.41) is 22.4. The molecule has 4 N–H and O–H groups in total. The van der Waals surface area contributed by atoms with E-state index in [2.05, 4.69) is 20.4 Å². The van der Waals surface area contributed by atoms with E-state index in [0.29, 0.717) is 5.69 Å². The molecule has 0 spiro atoms. The normalized spacial score (nSPS) is 9.85. The Balaban J connectivity index is 0.00000180. The number of nitrogens with zero attached hydrogens (tertiary/aromatic N) is 3. The van der Waals surface area contributed by atoms with Gasteiger partial charge >= 0.3 is 5.97 Å². The number of carboxylic acid groups (broad SMARTS) is 1. The van der Waals surface area contributed by atoms with Crippen LogP contribution in [-0.4, -0.2) is 26.7 Å². The molecular formula is C11H11N4NiO4-. The van der Waals surface area contributed by atoms with Crippen LogP contribution in [0.4, 0.5) is 11.4 Å². The molecule has 1 aromatic heterocycles. The van der Waals surface area contributed by atoms with E-state index >= 15 is 0 Å². The average molecular weight is 322 g/mol. The van der Waals surface area contributed by atoms with Crippen molar-refractivity contribution in [3.63, 3.8) is 0 Å². The first-order chi connectivity index (χ1) is 8.59. The fourth-order valence-corrected chi connectivity index (χ4v) is 1.37. The van der Waals surface area contributed by atoms with Gasteiger partial charge in [0.1, 0.15) is 5.56 Å². The van der Waals surface area contributed by atoms with Crippen molar-refractivity contribution in [3.05, 3.63) is 45.9 Å². The summed E-state index contributed by atoms with van der Waals surface area (Å²) in [5.74, 6) is -1.10. The smallest absolute Gasteiger partial charge is 0.337 e. The average Bonchev–Trinajstić information content (AvgIpc) is 2.67.